The molecule has 0 aliphatic carbocycles. The normalized spacial score (nSPS) is 11.0. The Bertz CT molecular complexity index is 1440. The number of methoxy groups -OCH3 is 1. The summed E-state index contributed by atoms with van der Waals surface area (Å²) in [5.74, 6) is -0.117. The number of para-hydroxylation sites is 1. The maximum Gasteiger partial charge on any atom is 0.336 e. The molecule has 1 aromatic heterocycles. The zero-order valence-electron chi connectivity index (χ0n) is 19.3. The highest BCUT2D eigenvalue weighted by Gasteiger charge is 2.15. The second-order valence-corrected chi connectivity index (χ2v) is 8.14. The summed E-state index contributed by atoms with van der Waals surface area (Å²) in [6, 6.07) is 22.0. The third-order valence-corrected chi connectivity index (χ3v) is 5.83. The largest absolute Gasteiger partial charge is 0.383 e. The molecule has 34 heavy (non-hydrogen) atoms. The number of aromatic nitrogens is 2. The molecule has 0 spiro atoms. The molecule has 3 aromatic carbocycles. The van der Waals surface area contributed by atoms with Gasteiger partial charge in [0.1, 0.15) is 0 Å². The van der Waals surface area contributed by atoms with Crippen LogP contribution in [-0.4, -0.2) is 35.3 Å². The Morgan fingerprint density at radius 2 is 1.65 bits per heavy atom. The number of rotatable bonds is 8. The fraction of sp³-hybridized carbons (Fsp3) is 0.222. The van der Waals surface area contributed by atoms with Gasteiger partial charge in [0.25, 0.3) is 5.56 Å². The van der Waals surface area contributed by atoms with Gasteiger partial charge in [-0.05, 0) is 47.9 Å². The topological polar surface area (TPSA) is 82.3 Å². The molecule has 0 saturated carbocycles. The van der Waals surface area contributed by atoms with Crippen LogP contribution in [0.4, 0.5) is 0 Å². The maximum atomic E-state index is 13.6. The lowest BCUT2D eigenvalue weighted by molar-refractivity contribution is -0.120. The molecule has 0 atom stereocenters. The van der Waals surface area contributed by atoms with E-state index in [0.717, 1.165) is 16.7 Å². The average Bonchev–Trinajstić information content (AvgIpc) is 2.84. The number of fused-ring (bicyclic) bond motifs is 1. The molecule has 0 fully saturated rings. The van der Waals surface area contributed by atoms with Gasteiger partial charge in [-0.25, -0.2) is 9.36 Å². The van der Waals surface area contributed by atoms with Crippen LogP contribution in [0.5, 0.6) is 0 Å². The van der Waals surface area contributed by atoms with Gasteiger partial charge in [-0.2, -0.15) is 0 Å². The number of hydrogen-bond acceptors (Lipinski definition) is 4. The zero-order chi connectivity index (χ0) is 24.1. The zero-order valence-corrected chi connectivity index (χ0v) is 19.3. The highest BCUT2D eigenvalue weighted by Crippen LogP contribution is 2.15. The minimum atomic E-state index is -0.406. The lowest BCUT2D eigenvalue weighted by Gasteiger charge is -2.15. The Balaban J connectivity index is 1.73. The number of nitrogens with one attached hydrogen (secondary N) is 1. The predicted octanol–water partition coefficient (Wildman–Crippen LogP) is 2.81. The molecular formula is C27H27N3O4. The van der Waals surface area contributed by atoms with E-state index >= 15 is 0 Å². The number of amides is 1. The first-order chi connectivity index (χ1) is 16.5. The van der Waals surface area contributed by atoms with Gasteiger partial charge in [0.2, 0.25) is 5.91 Å². The van der Waals surface area contributed by atoms with Crippen molar-refractivity contribution in [1.82, 2.24) is 14.5 Å². The summed E-state index contributed by atoms with van der Waals surface area (Å²) in [6.07, 6.45) is 0.203. The van der Waals surface area contributed by atoms with E-state index in [1.807, 2.05) is 37.3 Å². The molecule has 1 amide bonds. The molecule has 0 radical (unpaired) electrons. The second-order valence-electron chi connectivity index (χ2n) is 8.14. The summed E-state index contributed by atoms with van der Waals surface area (Å²) in [4.78, 5) is 39.0. The highest BCUT2D eigenvalue weighted by molar-refractivity contribution is 5.79. The van der Waals surface area contributed by atoms with Crippen LogP contribution in [0.25, 0.3) is 16.6 Å². The van der Waals surface area contributed by atoms with Crippen molar-refractivity contribution < 1.29 is 9.53 Å². The van der Waals surface area contributed by atoms with Crippen molar-refractivity contribution in [3.8, 4) is 5.69 Å². The first kappa shape index (κ1) is 23.2. The first-order valence-electron chi connectivity index (χ1n) is 11.1. The smallest absolute Gasteiger partial charge is 0.336 e. The van der Waals surface area contributed by atoms with Crippen LogP contribution in [0.2, 0.25) is 0 Å². The SMILES string of the molecule is COCCNC(=O)Cc1ccc(-n2c(=O)c3ccccc3n(Cc3ccccc3C)c2=O)cc1. The van der Waals surface area contributed by atoms with Crippen LogP contribution in [0, 0.1) is 6.92 Å². The third-order valence-electron chi connectivity index (χ3n) is 5.83. The van der Waals surface area contributed by atoms with E-state index in [9.17, 15) is 14.4 Å². The molecule has 7 heteroatoms. The molecule has 0 unspecified atom stereocenters. The van der Waals surface area contributed by atoms with Gasteiger partial charge in [0, 0.05) is 13.7 Å². The Morgan fingerprint density at radius 1 is 0.941 bits per heavy atom. The summed E-state index contributed by atoms with van der Waals surface area (Å²) in [5.41, 5.74) is 3.15. The average molecular weight is 458 g/mol. The lowest BCUT2D eigenvalue weighted by Crippen LogP contribution is -2.39. The van der Waals surface area contributed by atoms with E-state index in [2.05, 4.69) is 5.32 Å². The van der Waals surface area contributed by atoms with Crippen LogP contribution in [-0.2, 0) is 22.5 Å². The molecule has 174 valence electrons. The van der Waals surface area contributed by atoms with E-state index in [-0.39, 0.29) is 17.9 Å². The minimum absolute atomic E-state index is 0.117. The second kappa shape index (κ2) is 10.3. The van der Waals surface area contributed by atoms with E-state index in [4.69, 9.17) is 4.74 Å². The Morgan fingerprint density at radius 3 is 2.38 bits per heavy atom. The monoisotopic (exact) mass is 457 g/mol. The van der Waals surface area contributed by atoms with Crippen molar-refractivity contribution in [2.24, 2.45) is 0 Å². The van der Waals surface area contributed by atoms with Gasteiger partial charge in [-0.3, -0.25) is 14.2 Å². The van der Waals surface area contributed by atoms with E-state index in [0.29, 0.717) is 36.3 Å². The molecule has 4 rings (SSSR count). The maximum absolute atomic E-state index is 13.6. The van der Waals surface area contributed by atoms with Crippen molar-refractivity contribution in [3.05, 3.63) is 110 Å². The molecule has 1 N–H and O–H groups in total. The fourth-order valence-electron chi connectivity index (χ4n) is 3.96. The molecule has 0 saturated heterocycles. The summed E-state index contributed by atoms with van der Waals surface area (Å²) < 4.78 is 7.77. The first-order valence-corrected chi connectivity index (χ1v) is 11.1. The van der Waals surface area contributed by atoms with Crippen molar-refractivity contribution in [2.45, 2.75) is 19.9 Å². The lowest BCUT2D eigenvalue weighted by atomic mass is 10.1. The summed E-state index contributed by atoms with van der Waals surface area (Å²) in [5, 5.41) is 3.25. The van der Waals surface area contributed by atoms with Crippen LogP contribution >= 0.6 is 0 Å². The van der Waals surface area contributed by atoms with Crippen LogP contribution < -0.4 is 16.6 Å². The van der Waals surface area contributed by atoms with Gasteiger partial charge >= 0.3 is 5.69 Å². The quantitative estimate of drug-likeness (QED) is 0.413. The number of aryl methyl sites for hydroxylation is 1. The Kier molecular flexibility index (Phi) is 7.04. The van der Waals surface area contributed by atoms with Crippen molar-refractivity contribution >= 4 is 16.8 Å². The highest BCUT2D eigenvalue weighted by atomic mass is 16.5. The van der Waals surface area contributed by atoms with Gasteiger partial charge in [0.15, 0.2) is 0 Å². The van der Waals surface area contributed by atoms with E-state index in [1.165, 1.54) is 4.57 Å². The van der Waals surface area contributed by atoms with Gasteiger partial charge in [-0.1, -0.05) is 48.5 Å². The number of carbonyl (C=O) groups excluding carboxylic acids is 1. The van der Waals surface area contributed by atoms with Crippen LogP contribution in [0.1, 0.15) is 16.7 Å². The summed E-state index contributed by atoms with van der Waals surface area (Å²) in [6.45, 7) is 3.25. The van der Waals surface area contributed by atoms with E-state index < -0.39 is 5.69 Å². The molecule has 7 nitrogen and oxygen atoms in total. The van der Waals surface area contributed by atoms with Crippen LogP contribution in [0.3, 0.4) is 0 Å². The van der Waals surface area contributed by atoms with Crippen molar-refractivity contribution in [2.75, 3.05) is 20.3 Å². The summed E-state index contributed by atoms with van der Waals surface area (Å²) >= 11 is 0. The number of nitrogens with zero attached hydrogens (tertiary/aromatic N) is 2. The van der Waals surface area contributed by atoms with Crippen LogP contribution in [0.15, 0.2) is 82.4 Å². The molecule has 4 aromatic rings. The number of carbonyl (C=O) groups is 1. The number of benzene rings is 3. The third kappa shape index (κ3) is 4.84. The van der Waals surface area contributed by atoms with E-state index in [1.54, 1.807) is 54.1 Å². The Hall–Kier alpha value is -3.97. The molecule has 0 bridgehead atoms. The number of hydrogen-bond donors (Lipinski definition) is 1. The van der Waals surface area contributed by atoms with Crippen molar-refractivity contribution in [1.29, 1.82) is 0 Å². The fourth-order valence-corrected chi connectivity index (χ4v) is 3.96. The summed E-state index contributed by atoms with van der Waals surface area (Å²) in [7, 11) is 1.58. The Labute approximate surface area is 197 Å². The predicted molar refractivity (Wildman–Crippen MR) is 133 cm³/mol. The molecule has 1 heterocycles. The minimum Gasteiger partial charge on any atom is -0.383 e. The van der Waals surface area contributed by atoms with Gasteiger partial charge in [0.05, 0.1) is 36.2 Å². The molecule has 0 aliphatic heterocycles. The molecular weight excluding hydrogens is 430 g/mol. The van der Waals surface area contributed by atoms with Gasteiger partial charge in [-0.15, -0.1) is 0 Å². The van der Waals surface area contributed by atoms with Gasteiger partial charge < -0.3 is 10.1 Å². The number of ether oxygens (including phenoxy) is 1. The standard InChI is InChI=1S/C27H27N3O4/c1-19-7-3-4-8-21(19)18-29-24-10-6-5-9-23(24)26(32)30(27(29)33)22-13-11-20(12-14-22)17-25(31)28-15-16-34-2/h3-14H,15-18H2,1-2H3,(H,28,31). The molecule has 0 aliphatic rings. The van der Waals surface area contributed by atoms with Crippen molar-refractivity contribution in [3.63, 3.8) is 0 Å².